The lowest BCUT2D eigenvalue weighted by molar-refractivity contribution is -0.135. The number of morpholine rings is 1. The van der Waals surface area contributed by atoms with E-state index < -0.39 is 5.92 Å². The first-order valence-corrected chi connectivity index (χ1v) is 13.5. The molecule has 2 aliphatic heterocycles. The molecule has 2 aliphatic rings. The van der Waals surface area contributed by atoms with Gasteiger partial charge in [-0.25, -0.2) is 0 Å². The molecule has 0 bridgehead atoms. The number of nitrogens with zero attached hydrogens (tertiary/aromatic N) is 2. The van der Waals surface area contributed by atoms with Crippen molar-refractivity contribution in [2.24, 2.45) is 0 Å². The zero-order valence-corrected chi connectivity index (χ0v) is 22.6. The predicted octanol–water partition coefficient (Wildman–Crippen LogP) is 4.97. The van der Waals surface area contributed by atoms with Gasteiger partial charge in [-0.15, -0.1) is 0 Å². The highest BCUT2D eigenvalue weighted by Crippen LogP contribution is 2.35. The number of anilines is 1. The summed E-state index contributed by atoms with van der Waals surface area (Å²) in [4.78, 5) is 31.0. The maximum absolute atomic E-state index is 13.8. The normalized spacial score (nSPS) is 18.4. The van der Waals surface area contributed by atoms with Gasteiger partial charge in [-0.1, -0.05) is 60.7 Å². The molecule has 6 nitrogen and oxygen atoms in total. The molecule has 0 radical (unpaired) electrons. The van der Waals surface area contributed by atoms with Gasteiger partial charge in [0, 0.05) is 38.8 Å². The summed E-state index contributed by atoms with van der Waals surface area (Å²) in [5.74, 6) is -0.371. The van der Waals surface area contributed by atoms with E-state index in [2.05, 4.69) is 72.6 Å². The quantitative estimate of drug-likeness (QED) is 0.485. The fourth-order valence-electron chi connectivity index (χ4n) is 5.48. The standard InChI is InChI=1S/C32H37N3O3/c1-22-17-27-28(31(36)20-33-29(27)18-23(22)2)19-32(37)34(3)30(21-35-13-15-38-16-14-35)26-11-9-25(10-12-26)24-7-5-4-6-8-24/h4-12,17-18,28,30,33H,13-16,19-21H2,1-3H3. The van der Waals surface area contributed by atoms with E-state index in [0.29, 0.717) is 13.2 Å². The van der Waals surface area contributed by atoms with Crippen LogP contribution in [0.2, 0.25) is 0 Å². The lowest BCUT2D eigenvalue weighted by atomic mass is 9.85. The van der Waals surface area contributed by atoms with Crippen LogP contribution in [-0.4, -0.2) is 67.9 Å². The molecule has 0 saturated carbocycles. The van der Waals surface area contributed by atoms with E-state index >= 15 is 0 Å². The molecule has 1 fully saturated rings. The first-order valence-electron chi connectivity index (χ1n) is 13.5. The molecule has 0 aromatic heterocycles. The van der Waals surface area contributed by atoms with Gasteiger partial charge in [0.1, 0.15) is 0 Å². The van der Waals surface area contributed by atoms with Crippen molar-refractivity contribution in [2.45, 2.75) is 32.2 Å². The van der Waals surface area contributed by atoms with Gasteiger partial charge >= 0.3 is 0 Å². The van der Waals surface area contributed by atoms with E-state index in [9.17, 15) is 9.59 Å². The maximum atomic E-state index is 13.8. The Labute approximate surface area is 225 Å². The summed E-state index contributed by atoms with van der Waals surface area (Å²) >= 11 is 0. The predicted molar refractivity (Wildman–Crippen MR) is 151 cm³/mol. The minimum absolute atomic E-state index is 0.0141. The van der Waals surface area contributed by atoms with Crippen LogP contribution in [0.15, 0.2) is 66.7 Å². The number of carbonyl (C=O) groups is 2. The largest absolute Gasteiger partial charge is 0.379 e. The molecule has 2 heterocycles. The average Bonchev–Trinajstić information content (AvgIpc) is 2.95. The van der Waals surface area contributed by atoms with Crippen molar-refractivity contribution in [1.82, 2.24) is 9.80 Å². The Morgan fingerprint density at radius 2 is 1.66 bits per heavy atom. The van der Waals surface area contributed by atoms with Gasteiger partial charge in [0.2, 0.25) is 5.91 Å². The molecule has 6 heteroatoms. The smallest absolute Gasteiger partial charge is 0.223 e. The number of carbonyl (C=O) groups excluding carboxylic acids is 2. The van der Waals surface area contributed by atoms with Crippen LogP contribution in [0.25, 0.3) is 11.1 Å². The van der Waals surface area contributed by atoms with Crippen LogP contribution in [0.5, 0.6) is 0 Å². The summed E-state index contributed by atoms with van der Waals surface area (Å²) in [6, 6.07) is 22.9. The summed E-state index contributed by atoms with van der Waals surface area (Å²) < 4.78 is 5.56. The van der Waals surface area contributed by atoms with E-state index in [1.54, 1.807) is 0 Å². The van der Waals surface area contributed by atoms with Crippen LogP contribution >= 0.6 is 0 Å². The third-order valence-electron chi connectivity index (χ3n) is 8.06. The second-order valence-corrected chi connectivity index (χ2v) is 10.5. The first-order chi connectivity index (χ1) is 18.4. The number of hydrogen-bond donors (Lipinski definition) is 1. The van der Waals surface area contributed by atoms with E-state index in [1.807, 2.05) is 30.1 Å². The number of rotatable bonds is 7. The maximum Gasteiger partial charge on any atom is 0.223 e. The van der Waals surface area contributed by atoms with Crippen molar-refractivity contribution >= 4 is 17.4 Å². The summed E-state index contributed by atoms with van der Waals surface area (Å²) in [6.45, 7) is 8.21. The molecule has 1 amide bonds. The van der Waals surface area contributed by atoms with Crippen LogP contribution in [0.4, 0.5) is 5.69 Å². The number of nitrogens with one attached hydrogen (secondary N) is 1. The van der Waals surface area contributed by atoms with Crippen molar-refractivity contribution in [1.29, 1.82) is 0 Å². The zero-order valence-electron chi connectivity index (χ0n) is 22.6. The van der Waals surface area contributed by atoms with Gasteiger partial charge in [0.25, 0.3) is 0 Å². The number of fused-ring (bicyclic) bond motifs is 1. The monoisotopic (exact) mass is 511 g/mol. The fraction of sp³-hybridized carbons (Fsp3) is 0.375. The summed E-state index contributed by atoms with van der Waals surface area (Å²) in [5, 5.41) is 3.24. The van der Waals surface area contributed by atoms with Crippen LogP contribution in [-0.2, 0) is 14.3 Å². The minimum Gasteiger partial charge on any atom is -0.379 e. The molecular weight excluding hydrogens is 474 g/mol. The number of benzene rings is 3. The number of amides is 1. The second-order valence-electron chi connectivity index (χ2n) is 10.5. The SMILES string of the molecule is Cc1cc2c(cc1C)C(CC(=O)N(C)C(CN1CCOCC1)c1ccc(-c3ccccc3)cc1)C(=O)CN2. The second kappa shape index (κ2) is 11.5. The van der Waals surface area contributed by atoms with Gasteiger partial charge in [-0.3, -0.25) is 14.5 Å². The molecule has 0 spiro atoms. The van der Waals surface area contributed by atoms with Gasteiger partial charge in [-0.05, 0) is 53.3 Å². The topological polar surface area (TPSA) is 61.9 Å². The van der Waals surface area contributed by atoms with E-state index in [1.165, 1.54) is 11.1 Å². The van der Waals surface area contributed by atoms with Crippen LogP contribution in [0.3, 0.4) is 0 Å². The molecule has 2 atom stereocenters. The number of hydrogen-bond acceptors (Lipinski definition) is 5. The molecule has 0 aliphatic carbocycles. The highest BCUT2D eigenvalue weighted by molar-refractivity contribution is 5.97. The first kappa shape index (κ1) is 26.1. The summed E-state index contributed by atoms with van der Waals surface area (Å²) in [5.41, 5.74) is 7.62. The Morgan fingerprint density at radius 3 is 2.37 bits per heavy atom. The van der Waals surface area contributed by atoms with Crippen molar-refractivity contribution in [3.63, 3.8) is 0 Å². The third-order valence-corrected chi connectivity index (χ3v) is 8.06. The Bertz CT molecular complexity index is 1280. The molecule has 3 aromatic carbocycles. The molecule has 5 rings (SSSR count). The molecule has 3 aromatic rings. The molecule has 2 unspecified atom stereocenters. The van der Waals surface area contributed by atoms with Crippen LogP contribution in [0, 0.1) is 13.8 Å². The lowest BCUT2D eigenvalue weighted by Crippen LogP contribution is -2.44. The summed E-state index contributed by atoms with van der Waals surface area (Å²) in [6.07, 6.45) is 0.175. The fourth-order valence-corrected chi connectivity index (χ4v) is 5.48. The summed E-state index contributed by atoms with van der Waals surface area (Å²) in [7, 11) is 1.88. The number of likely N-dealkylation sites (N-methyl/N-ethyl adjacent to an activating group) is 1. The van der Waals surface area contributed by atoms with Gasteiger partial charge in [0.05, 0.1) is 31.7 Å². The Balaban J connectivity index is 1.39. The highest BCUT2D eigenvalue weighted by atomic mass is 16.5. The van der Waals surface area contributed by atoms with Gasteiger partial charge in [-0.2, -0.15) is 0 Å². The van der Waals surface area contributed by atoms with Crippen molar-refractivity contribution in [3.8, 4) is 11.1 Å². The molecule has 38 heavy (non-hydrogen) atoms. The van der Waals surface area contributed by atoms with E-state index in [-0.39, 0.29) is 30.7 Å². The number of ketones is 1. The third kappa shape index (κ3) is 5.66. The lowest BCUT2D eigenvalue weighted by Gasteiger charge is -2.36. The Morgan fingerprint density at radius 1 is 1.00 bits per heavy atom. The van der Waals surface area contributed by atoms with E-state index in [4.69, 9.17) is 4.74 Å². The average molecular weight is 512 g/mol. The molecule has 198 valence electrons. The van der Waals surface area contributed by atoms with Crippen LogP contribution < -0.4 is 5.32 Å². The highest BCUT2D eigenvalue weighted by Gasteiger charge is 2.33. The number of ether oxygens (including phenoxy) is 1. The Hall–Kier alpha value is -3.48. The zero-order chi connectivity index (χ0) is 26.6. The number of aryl methyl sites for hydroxylation is 2. The van der Waals surface area contributed by atoms with Crippen molar-refractivity contribution in [3.05, 3.63) is 89.0 Å². The van der Waals surface area contributed by atoms with E-state index in [0.717, 1.165) is 47.6 Å². The molecular formula is C32H37N3O3. The van der Waals surface area contributed by atoms with Gasteiger partial charge in [0.15, 0.2) is 5.78 Å². The van der Waals surface area contributed by atoms with Gasteiger partial charge < -0.3 is 15.0 Å². The van der Waals surface area contributed by atoms with Crippen molar-refractivity contribution in [2.75, 3.05) is 51.8 Å². The Kier molecular flexibility index (Phi) is 7.91. The van der Waals surface area contributed by atoms with Crippen molar-refractivity contribution < 1.29 is 14.3 Å². The number of Topliss-reactive ketones (excluding diaryl/α,β-unsaturated/α-hetero) is 1. The van der Waals surface area contributed by atoms with Crippen LogP contribution in [0.1, 0.15) is 40.6 Å². The molecule has 1 saturated heterocycles. The molecule has 1 N–H and O–H groups in total. The minimum atomic E-state index is -0.426.